The summed E-state index contributed by atoms with van der Waals surface area (Å²) in [6, 6.07) is 0. The lowest BCUT2D eigenvalue weighted by molar-refractivity contribution is 0.949. The highest BCUT2D eigenvalue weighted by Crippen LogP contribution is 2.42. The van der Waals surface area contributed by atoms with E-state index in [1.807, 2.05) is 17.5 Å². The third-order valence-corrected chi connectivity index (χ3v) is 5.83. The maximum absolute atomic E-state index is 4.35. The van der Waals surface area contributed by atoms with Crippen molar-refractivity contribution in [3.8, 4) is 0 Å². The van der Waals surface area contributed by atoms with Gasteiger partial charge in [0.1, 0.15) is 4.75 Å². The average Bonchev–Trinajstić information content (AvgIpc) is 2.59. The van der Waals surface area contributed by atoms with Crippen molar-refractivity contribution < 1.29 is 0 Å². The van der Waals surface area contributed by atoms with Gasteiger partial charge in [-0.2, -0.15) is 0 Å². The fourth-order valence-electron chi connectivity index (χ4n) is 1.28. The molecule has 0 saturated carbocycles. The minimum Gasteiger partial charge on any atom is -0.245 e. The Balaban J connectivity index is 2.12. The number of thiazole rings is 1. The number of hydrogen-bond donors (Lipinski definition) is 0. The molecule has 3 heteroatoms. The van der Waals surface area contributed by atoms with E-state index in [-0.39, 0.29) is 7.92 Å². The zero-order chi connectivity index (χ0) is 6.81. The fourth-order valence-corrected chi connectivity index (χ4v) is 5.02. The first-order valence-corrected chi connectivity index (χ1v) is 6.20. The molecule has 0 bridgehead atoms. The van der Waals surface area contributed by atoms with E-state index in [2.05, 4.69) is 10.4 Å². The van der Waals surface area contributed by atoms with E-state index in [4.69, 9.17) is 0 Å². The lowest BCUT2D eigenvalue weighted by Gasteiger charge is -2.02. The summed E-state index contributed by atoms with van der Waals surface area (Å²) in [5.74, 6) is 0. The van der Waals surface area contributed by atoms with Gasteiger partial charge in [-0.1, -0.05) is 0 Å². The van der Waals surface area contributed by atoms with E-state index in [1.165, 1.54) is 29.9 Å². The van der Waals surface area contributed by atoms with Gasteiger partial charge in [-0.3, -0.25) is 0 Å². The summed E-state index contributed by atoms with van der Waals surface area (Å²) in [7, 11) is 0.204. The Labute approximate surface area is 66.2 Å². The summed E-state index contributed by atoms with van der Waals surface area (Å²) in [6.07, 6.45) is 7.67. The van der Waals surface area contributed by atoms with Gasteiger partial charge < -0.3 is 0 Å². The molecule has 0 N–H and O–H groups in total. The summed E-state index contributed by atoms with van der Waals surface area (Å²) in [6.45, 7) is 0. The van der Waals surface area contributed by atoms with E-state index in [0.29, 0.717) is 0 Å². The molecule has 1 saturated heterocycles. The minimum absolute atomic E-state index is 0.204. The van der Waals surface area contributed by atoms with Crippen molar-refractivity contribution >= 4 is 24.0 Å². The molecule has 0 amide bonds. The molecule has 1 aromatic rings. The third-order valence-electron chi connectivity index (χ3n) is 1.80. The molecule has 0 spiro atoms. The SMILES string of the molecule is c1csc(P2CCCC2)n1. The maximum Gasteiger partial charge on any atom is 0.115 e. The molecule has 1 fully saturated rings. The normalized spacial score (nSPS) is 20.0. The van der Waals surface area contributed by atoms with Crippen molar-refractivity contribution in [3.63, 3.8) is 0 Å². The van der Waals surface area contributed by atoms with Crippen LogP contribution >= 0.6 is 19.3 Å². The van der Waals surface area contributed by atoms with Crippen LogP contribution in [0.3, 0.4) is 0 Å². The number of nitrogens with zero attached hydrogens (tertiary/aromatic N) is 1. The Morgan fingerprint density at radius 2 is 2.20 bits per heavy atom. The highest BCUT2D eigenvalue weighted by Gasteiger charge is 2.17. The largest absolute Gasteiger partial charge is 0.245 e. The van der Waals surface area contributed by atoms with E-state index in [0.717, 1.165) is 0 Å². The van der Waals surface area contributed by atoms with Crippen molar-refractivity contribution in [1.29, 1.82) is 0 Å². The second-order valence-electron chi connectivity index (χ2n) is 2.51. The van der Waals surface area contributed by atoms with Crippen molar-refractivity contribution in [1.82, 2.24) is 4.98 Å². The Kier molecular flexibility index (Phi) is 2.01. The van der Waals surface area contributed by atoms with Crippen molar-refractivity contribution in [2.24, 2.45) is 0 Å². The van der Waals surface area contributed by atoms with Crippen molar-refractivity contribution in [2.45, 2.75) is 12.8 Å². The second-order valence-corrected chi connectivity index (χ2v) is 6.10. The summed E-state index contributed by atoms with van der Waals surface area (Å²) < 4.78 is 1.42. The monoisotopic (exact) mass is 171 g/mol. The van der Waals surface area contributed by atoms with Crippen LogP contribution in [0.25, 0.3) is 0 Å². The predicted molar refractivity (Wildman–Crippen MR) is 47.6 cm³/mol. The molecule has 1 nitrogen and oxygen atoms in total. The molecule has 1 aliphatic rings. The van der Waals surface area contributed by atoms with Gasteiger partial charge in [-0.15, -0.1) is 11.3 Å². The molecule has 0 atom stereocenters. The minimum atomic E-state index is 0.204. The van der Waals surface area contributed by atoms with Crippen LogP contribution in [0.5, 0.6) is 0 Å². The molecule has 1 aromatic heterocycles. The summed E-state index contributed by atoms with van der Waals surface area (Å²) in [5.41, 5.74) is 0. The molecule has 0 radical (unpaired) electrons. The Bertz CT molecular complexity index is 191. The van der Waals surface area contributed by atoms with Gasteiger partial charge in [0.25, 0.3) is 0 Å². The fraction of sp³-hybridized carbons (Fsp3) is 0.571. The number of hydrogen-bond acceptors (Lipinski definition) is 2. The second kappa shape index (κ2) is 2.98. The van der Waals surface area contributed by atoms with E-state index in [9.17, 15) is 0 Å². The van der Waals surface area contributed by atoms with Crippen molar-refractivity contribution in [3.05, 3.63) is 11.6 Å². The molecule has 54 valence electrons. The van der Waals surface area contributed by atoms with Crippen LogP contribution < -0.4 is 4.75 Å². The number of rotatable bonds is 1. The van der Waals surface area contributed by atoms with Gasteiger partial charge in [0.05, 0.1) is 0 Å². The summed E-state index contributed by atoms with van der Waals surface area (Å²) >= 11 is 1.84. The topological polar surface area (TPSA) is 12.9 Å². The van der Waals surface area contributed by atoms with Crippen LogP contribution in [-0.4, -0.2) is 17.3 Å². The first kappa shape index (κ1) is 6.75. The first-order valence-electron chi connectivity index (χ1n) is 3.61. The van der Waals surface area contributed by atoms with Crippen LogP contribution in [0.2, 0.25) is 0 Å². The highest BCUT2D eigenvalue weighted by molar-refractivity contribution is 7.71. The molecule has 10 heavy (non-hydrogen) atoms. The quantitative estimate of drug-likeness (QED) is 0.589. The number of aromatic nitrogens is 1. The Morgan fingerprint density at radius 1 is 1.40 bits per heavy atom. The molecule has 2 rings (SSSR count). The molecular formula is C7H10NPS. The Morgan fingerprint density at radius 3 is 2.80 bits per heavy atom. The maximum atomic E-state index is 4.35. The molecular weight excluding hydrogens is 161 g/mol. The highest BCUT2D eigenvalue weighted by atomic mass is 32.1. The summed E-state index contributed by atoms with van der Waals surface area (Å²) in [5, 5.41) is 2.09. The van der Waals surface area contributed by atoms with Crippen LogP contribution in [0.4, 0.5) is 0 Å². The van der Waals surface area contributed by atoms with Gasteiger partial charge in [0.2, 0.25) is 0 Å². The van der Waals surface area contributed by atoms with Crippen LogP contribution in [0.15, 0.2) is 11.6 Å². The molecule has 2 heterocycles. The van der Waals surface area contributed by atoms with Gasteiger partial charge in [0.15, 0.2) is 0 Å². The van der Waals surface area contributed by atoms with E-state index in [1.54, 1.807) is 0 Å². The first-order chi connectivity index (χ1) is 4.97. The Hall–Kier alpha value is 0.0600. The average molecular weight is 171 g/mol. The lowest BCUT2D eigenvalue weighted by Crippen LogP contribution is -1.98. The standard InChI is InChI=1S/C7H10NPS/c1-2-5-9(4-1)7-8-3-6-10-7/h3,6H,1-2,4-5H2. The zero-order valence-corrected chi connectivity index (χ0v) is 7.50. The molecule has 0 aliphatic carbocycles. The van der Waals surface area contributed by atoms with Gasteiger partial charge in [0, 0.05) is 11.6 Å². The van der Waals surface area contributed by atoms with Gasteiger partial charge in [-0.25, -0.2) is 4.98 Å². The third kappa shape index (κ3) is 1.23. The van der Waals surface area contributed by atoms with Crippen molar-refractivity contribution in [2.75, 3.05) is 12.3 Å². The van der Waals surface area contributed by atoms with E-state index >= 15 is 0 Å². The van der Waals surface area contributed by atoms with Crippen LogP contribution in [0, 0.1) is 0 Å². The molecule has 0 aromatic carbocycles. The van der Waals surface area contributed by atoms with Gasteiger partial charge >= 0.3 is 0 Å². The molecule has 1 aliphatic heterocycles. The predicted octanol–water partition coefficient (Wildman–Crippen LogP) is 2.04. The van der Waals surface area contributed by atoms with Gasteiger partial charge in [-0.05, 0) is 33.1 Å². The smallest absolute Gasteiger partial charge is 0.115 e. The lowest BCUT2D eigenvalue weighted by atomic mass is 10.4. The summed E-state index contributed by atoms with van der Waals surface area (Å²) in [4.78, 5) is 4.35. The van der Waals surface area contributed by atoms with E-state index < -0.39 is 0 Å². The zero-order valence-electron chi connectivity index (χ0n) is 5.79. The molecule has 0 unspecified atom stereocenters. The van der Waals surface area contributed by atoms with Crippen LogP contribution in [-0.2, 0) is 0 Å². The van der Waals surface area contributed by atoms with Crippen LogP contribution in [0.1, 0.15) is 12.8 Å².